The van der Waals surface area contributed by atoms with Crippen LogP contribution in [-0.4, -0.2) is 22.5 Å². The molecule has 1 saturated heterocycles. The largest absolute Gasteiger partial charge is 0.444 e. The Balaban J connectivity index is 1.74. The van der Waals surface area contributed by atoms with Crippen molar-refractivity contribution in [3.8, 4) is 0 Å². The second kappa shape index (κ2) is 5.98. The first-order valence-corrected chi connectivity index (χ1v) is 7.58. The third-order valence-electron chi connectivity index (χ3n) is 4.08. The molecule has 0 spiro atoms. The summed E-state index contributed by atoms with van der Waals surface area (Å²) in [6, 6.07) is 7.40. The van der Waals surface area contributed by atoms with E-state index in [1.54, 1.807) is 12.3 Å². The fourth-order valence-electron chi connectivity index (χ4n) is 3.08. The molecule has 1 fully saturated rings. The smallest absolute Gasteiger partial charge is 0.211 e. The Bertz CT molecular complexity index is 608. The number of hydrogen-bond donors (Lipinski definition) is 0. The van der Waals surface area contributed by atoms with Gasteiger partial charge in [0.25, 0.3) is 0 Å². The van der Waals surface area contributed by atoms with E-state index >= 15 is 0 Å². The van der Waals surface area contributed by atoms with Crippen LogP contribution in [0.5, 0.6) is 0 Å². The molecular formula is C17H21FN2O. The lowest BCUT2D eigenvalue weighted by Crippen LogP contribution is -2.30. The molecule has 4 heteroatoms. The van der Waals surface area contributed by atoms with Gasteiger partial charge in [0.1, 0.15) is 11.6 Å². The first kappa shape index (κ1) is 14.3. The highest BCUT2D eigenvalue weighted by atomic mass is 19.1. The Morgan fingerprint density at radius 3 is 3.05 bits per heavy atom. The monoisotopic (exact) mass is 288 g/mol. The summed E-state index contributed by atoms with van der Waals surface area (Å²) in [6.45, 7) is 5.51. The fourth-order valence-corrected chi connectivity index (χ4v) is 3.08. The zero-order chi connectivity index (χ0) is 14.8. The van der Waals surface area contributed by atoms with Gasteiger partial charge in [-0.2, -0.15) is 0 Å². The minimum absolute atomic E-state index is 0.214. The number of benzene rings is 1. The van der Waals surface area contributed by atoms with Crippen LogP contribution >= 0.6 is 0 Å². The van der Waals surface area contributed by atoms with Crippen molar-refractivity contribution in [1.82, 2.24) is 9.88 Å². The summed E-state index contributed by atoms with van der Waals surface area (Å²) in [5, 5.41) is 0. The lowest BCUT2D eigenvalue weighted by molar-refractivity contribution is 0.178. The van der Waals surface area contributed by atoms with Gasteiger partial charge in [0.2, 0.25) is 5.89 Å². The molecular weight excluding hydrogens is 267 g/mol. The van der Waals surface area contributed by atoms with E-state index in [4.69, 9.17) is 4.42 Å². The average molecular weight is 288 g/mol. The van der Waals surface area contributed by atoms with Crippen molar-refractivity contribution in [1.29, 1.82) is 0 Å². The molecule has 2 heterocycles. The second-order valence-corrected chi connectivity index (χ2v) is 5.96. The van der Waals surface area contributed by atoms with Crippen LogP contribution < -0.4 is 0 Å². The van der Waals surface area contributed by atoms with Crippen molar-refractivity contribution >= 4 is 0 Å². The van der Waals surface area contributed by atoms with Crippen LogP contribution in [0.3, 0.4) is 0 Å². The lowest BCUT2D eigenvalue weighted by Gasteiger charge is -2.25. The highest BCUT2D eigenvalue weighted by Crippen LogP contribution is 2.33. The van der Waals surface area contributed by atoms with Crippen LogP contribution in [0.15, 0.2) is 34.9 Å². The maximum absolute atomic E-state index is 13.2. The van der Waals surface area contributed by atoms with Crippen molar-refractivity contribution in [2.24, 2.45) is 0 Å². The van der Waals surface area contributed by atoms with Crippen molar-refractivity contribution in [3.05, 3.63) is 53.5 Å². The maximum Gasteiger partial charge on any atom is 0.211 e. The van der Waals surface area contributed by atoms with Gasteiger partial charge >= 0.3 is 0 Å². The molecule has 1 unspecified atom stereocenters. The van der Waals surface area contributed by atoms with E-state index in [-0.39, 0.29) is 11.9 Å². The summed E-state index contributed by atoms with van der Waals surface area (Å²) < 4.78 is 19.1. The maximum atomic E-state index is 13.2. The number of rotatable bonds is 4. The van der Waals surface area contributed by atoms with E-state index in [1.165, 1.54) is 18.6 Å². The fraction of sp³-hybridized carbons (Fsp3) is 0.471. The number of likely N-dealkylation sites (tertiary alicyclic amines) is 1. The minimum atomic E-state index is -0.214. The molecule has 1 aromatic carbocycles. The van der Waals surface area contributed by atoms with Crippen LogP contribution in [0.4, 0.5) is 4.39 Å². The Morgan fingerprint density at radius 1 is 1.43 bits per heavy atom. The van der Waals surface area contributed by atoms with Gasteiger partial charge in [-0.05, 0) is 50.9 Å². The van der Waals surface area contributed by atoms with E-state index < -0.39 is 0 Å². The third kappa shape index (κ3) is 3.16. The predicted octanol–water partition coefficient (Wildman–Crippen LogP) is 3.95. The molecule has 0 bridgehead atoms. The number of nitrogens with zero attached hydrogens (tertiary/aromatic N) is 2. The summed E-state index contributed by atoms with van der Waals surface area (Å²) in [4.78, 5) is 6.88. The zero-order valence-electron chi connectivity index (χ0n) is 12.6. The van der Waals surface area contributed by atoms with Crippen LogP contribution in [0.1, 0.15) is 49.9 Å². The molecule has 0 amide bonds. The molecule has 112 valence electrons. The Morgan fingerprint density at radius 2 is 2.29 bits per heavy atom. The van der Waals surface area contributed by atoms with Crippen molar-refractivity contribution in [3.63, 3.8) is 0 Å². The van der Waals surface area contributed by atoms with Gasteiger partial charge in [0.15, 0.2) is 0 Å². The van der Waals surface area contributed by atoms with Crippen molar-refractivity contribution in [2.45, 2.75) is 45.2 Å². The molecule has 3 rings (SSSR count). The highest BCUT2D eigenvalue weighted by Gasteiger charge is 2.31. The molecule has 0 saturated carbocycles. The standard InChI is InChI=1S/C17H21FN2O/c1-12(2)20-8-4-7-16(20)17-19-11-15(21-17)10-13-5-3-6-14(18)9-13/h3,5-6,9,11-12,16H,4,7-8,10H2,1-2H3. The van der Waals surface area contributed by atoms with E-state index in [0.717, 1.165) is 30.2 Å². The normalized spacial score (nSPS) is 19.5. The first-order chi connectivity index (χ1) is 10.1. The molecule has 2 aromatic rings. The summed E-state index contributed by atoms with van der Waals surface area (Å²) in [5.74, 6) is 1.38. The molecule has 3 nitrogen and oxygen atoms in total. The third-order valence-corrected chi connectivity index (χ3v) is 4.08. The van der Waals surface area contributed by atoms with Gasteiger partial charge in [-0.3, -0.25) is 4.90 Å². The summed E-state index contributed by atoms with van der Waals surface area (Å²) in [5.41, 5.74) is 0.907. The van der Waals surface area contributed by atoms with E-state index in [2.05, 4.69) is 23.7 Å². The van der Waals surface area contributed by atoms with Gasteiger partial charge in [-0.25, -0.2) is 9.37 Å². The van der Waals surface area contributed by atoms with Crippen molar-refractivity contribution < 1.29 is 8.81 Å². The summed E-state index contributed by atoms with van der Waals surface area (Å²) >= 11 is 0. The van der Waals surface area contributed by atoms with Crippen LogP contribution in [0.25, 0.3) is 0 Å². The molecule has 21 heavy (non-hydrogen) atoms. The molecule has 1 aliphatic rings. The van der Waals surface area contributed by atoms with Gasteiger partial charge in [0, 0.05) is 12.5 Å². The Kier molecular flexibility index (Phi) is 4.06. The van der Waals surface area contributed by atoms with Crippen molar-refractivity contribution in [2.75, 3.05) is 6.54 Å². The van der Waals surface area contributed by atoms with Gasteiger partial charge in [-0.15, -0.1) is 0 Å². The minimum Gasteiger partial charge on any atom is -0.444 e. The molecule has 0 aliphatic carbocycles. The number of aromatic nitrogens is 1. The number of halogens is 1. The number of hydrogen-bond acceptors (Lipinski definition) is 3. The van der Waals surface area contributed by atoms with E-state index in [9.17, 15) is 4.39 Å². The second-order valence-electron chi connectivity index (χ2n) is 5.96. The summed E-state index contributed by atoms with van der Waals surface area (Å²) in [7, 11) is 0. The molecule has 0 radical (unpaired) electrons. The van der Waals surface area contributed by atoms with Crippen LogP contribution in [0, 0.1) is 5.82 Å². The SMILES string of the molecule is CC(C)N1CCCC1c1ncc(Cc2cccc(F)c2)o1. The average Bonchev–Trinajstić information content (AvgIpc) is 3.06. The van der Waals surface area contributed by atoms with Gasteiger partial charge < -0.3 is 4.42 Å². The van der Waals surface area contributed by atoms with Crippen LogP contribution in [0.2, 0.25) is 0 Å². The van der Waals surface area contributed by atoms with Gasteiger partial charge in [0.05, 0.1) is 12.2 Å². The van der Waals surface area contributed by atoms with E-state index in [1.807, 2.05) is 6.07 Å². The molecule has 1 aliphatic heterocycles. The highest BCUT2D eigenvalue weighted by molar-refractivity contribution is 5.21. The van der Waals surface area contributed by atoms with E-state index in [0.29, 0.717) is 12.5 Å². The first-order valence-electron chi connectivity index (χ1n) is 7.58. The zero-order valence-corrected chi connectivity index (χ0v) is 12.6. The Labute approximate surface area is 124 Å². The van der Waals surface area contributed by atoms with Gasteiger partial charge in [-0.1, -0.05) is 12.1 Å². The molecule has 1 aromatic heterocycles. The molecule has 1 atom stereocenters. The molecule has 0 N–H and O–H groups in total. The number of oxazole rings is 1. The summed E-state index contributed by atoms with van der Waals surface area (Å²) in [6.07, 6.45) is 4.64. The topological polar surface area (TPSA) is 29.3 Å². The van der Waals surface area contributed by atoms with Crippen LogP contribution in [-0.2, 0) is 6.42 Å². The lowest BCUT2D eigenvalue weighted by atomic mass is 10.1. The predicted molar refractivity (Wildman–Crippen MR) is 79.5 cm³/mol. The Hall–Kier alpha value is -1.68. The quantitative estimate of drug-likeness (QED) is 0.853.